The summed E-state index contributed by atoms with van der Waals surface area (Å²) in [6.07, 6.45) is 0. The highest BCUT2D eigenvalue weighted by Gasteiger charge is 2.30. The number of oxazole rings is 1. The molecule has 2 aliphatic heterocycles. The number of benzene rings is 4. The SMILES string of the molecule is N#CC(=C1N=c2ccccc2=N1)c1nc(-c2nc3ccccc3o2)nc(-c2ccc3c(c2C#N)=N/C(=C(\C#N)c2c(F)c(F)c(F)c(F)c2F)N=3)n1. The molecule has 52 heavy (non-hydrogen) atoms. The van der Waals surface area contributed by atoms with Crippen molar-refractivity contribution in [2.45, 2.75) is 0 Å². The zero-order chi connectivity index (χ0) is 36.3. The Hall–Kier alpha value is -7.84. The summed E-state index contributed by atoms with van der Waals surface area (Å²) in [5.41, 5.74) is -2.20. The Morgan fingerprint density at radius 3 is 1.83 bits per heavy atom. The van der Waals surface area contributed by atoms with E-state index in [2.05, 4.69) is 39.9 Å². The van der Waals surface area contributed by atoms with Crippen LogP contribution >= 0.6 is 0 Å². The average molecular weight is 696 g/mol. The van der Waals surface area contributed by atoms with Crippen molar-refractivity contribution in [3.05, 3.63) is 140 Å². The maximum atomic E-state index is 14.7. The third kappa shape index (κ3) is 4.87. The Labute approximate surface area is 285 Å². The first-order valence-electron chi connectivity index (χ1n) is 14.7. The Kier molecular flexibility index (Phi) is 7.22. The molecule has 8 rings (SSSR count). The summed E-state index contributed by atoms with van der Waals surface area (Å²) in [5, 5.41) is 31.1. The van der Waals surface area contributed by atoms with Gasteiger partial charge in [0, 0.05) is 5.56 Å². The van der Waals surface area contributed by atoms with Crippen molar-refractivity contribution >= 4 is 22.2 Å². The molecule has 0 saturated heterocycles. The van der Waals surface area contributed by atoms with E-state index in [0.29, 0.717) is 21.8 Å². The number of aromatic nitrogens is 4. The van der Waals surface area contributed by atoms with E-state index in [9.17, 15) is 37.7 Å². The van der Waals surface area contributed by atoms with Crippen LogP contribution in [0.5, 0.6) is 0 Å². The first-order chi connectivity index (χ1) is 25.2. The lowest BCUT2D eigenvalue weighted by Crippen LogP contribution is -2.25. The summed E-state index contributed by atoms with van der Waals surface area (Å²) in [4.78, 5) is 34.8. The number of allylic oxidation sites excluding steroid dienone is 2. The molecule has 12 nitrogen and oxygen atoms in total. The van der Waals surface area contributed by atoms with Gasteiger partial charge in [0.05, 0.1) is 27.2 Å². The molecule has 0 unspecified atom stereocenters. The molecule has 0 atom stereocenters. The van der Waals surface area contributed by atoms with Gasteiger partial charge >= 0.3 is 0 Å². The van der Waals surface area contributed by atoms with Crippen LogP contribution in [0.1, 0.15) is 17.0 Å². The van der Waals surface area contributed by atoms with Crippen molar-refractivity contribution in [2.24, 2.45) is 20.0 Å². The molecular formula is C35H10F5N11O. The summed E-state index contributed by atoms with van der Waals surface area (Å²) >= 11 is 0. The molecular weight excluding hydrogens is 685 g/mol. The van der Waals surface area contributed by atoms with Crippen LogP contribution in [0.15, 0.2) is 96.7 Å². The summed E-state index contributed by atoms with van der Waals surface area (Å²) in [6, 6.07) is 21.7. The summed E-state index contributed by atoms with van der Waals surface area (Å²) in [6.45, 7) is 0. The van der Waals surface area contributed by atoms with Crippen molar-refractivity contribution < 1.29 is 26.4 Å². The monoisotopic (exact) mass is 695 g/mol. The molecule has 2 aromatic heterocycles. The minimum atomic E-state index is -2.41. The quantitative estimate of drug-likeness (QED) is 0.114. The van der Waals surface area contributed by atoms with Gasteiger partial charge in [-0.15, -0.1) is 0 Å². The van der Waals surface area contributed by atoms with Gasteiger partial charge in [-0.1, -0.05) is 24.3 Å². The smallest absolute Gasteiger partial charge is 0.266 e. The van der Waals surface area contributed by atoms with Crippen LogP contribution in [0.25, 0.3) is 45.3 Å². The number of hydrogen-bond acceptors (Lipinski definition) is 12. The number of rotatable bonds is 4. The number of hydrogen-bond donors (Lipinski definition) is 0. The van der Waals surface area contributed by atoms with Crippen LogP contribution in [0.4, 0.5) is 22.0 Å². The predicted molar refractivity (Wildman–Crippen MR) is 165 cm³/mol. The molecule has 0 aliphatic carbocycles. The lowest BCUT2D eigenvalue weighted by Gasteiger charge is -2.07. The van der Waals surface area contributed by atoms with Crippen molar-refractivity contribution in [2.75, 3.05) is 0 Å². The molecule has 2 aliphatic rings. The molecule has 0 saturated carbocycles. The van der Waals surface area contributed by atoms with Crippen LogP contribution in [-0.2, 0) is 0 Å². The topological polar surface area (TPSA) is 186 Å². The first kappa shape index (κ1) is 31.4. The van der Waals surface area contributed by atoms with Gasteiger partial charge in [0.1, 0.15) is 40.2 Å². The van der Waals surface area contributed by atoms with Gasteiger partial charge in [-0.3, -0.25) is 0 Å². The molecule has 0 spiro atoms. The van der Waals surface area contributed by atoms with Crippen molar-refractivity contribution in [3.8, 4) is 41.3 Å². The summed E-state index contributed by atoms with van der Waals surface area (Å²) in [7, 11) is 0. The second kappa shape index (κ2) is 11.9. The molecule has 4 aromatic carbocycles. The van der Waals surface area contributed by atoms with E-state index < -0.39 is 46.0 Å². The Morgan fingerprint density at radius 2 is 1.17 bits per heavy atom. The number of halogens is 5. The van der Waals surface area contributed by atoms with Crippen molar-refractivity contribution in [1.82, 2.24) is 19.9 Å². The van der Waals surface area contributed by atoms with Crippen LogP contribution < -0.4 is 21.4 Å². The lowest BCUT2D eigenvalue weighted by molar-refractivity contribution is 0.376. The molecule has 0 amide bonds. The fraction of sp³-hybridized carbons (Fsp3) is 0. The molecule has 246 valence electrons. The largest absolute Gasteiger partial charge is 0.434 e. The average Bonchev–Trinajstić information content (AvgIpc) is 3.91. The van der Waals surface area contributed by atoms with E-state index in [1.54, 1.807) is 48.5 Å². The second-order valence-electron chi connectivity index (χ2n) is 10.8. The van der Waals surface area contributed by atoms with Gasteiger partial charge in [0.2, 0.25) is 11.6 Å². The van der Waals surface area contributed by atoms with Gasteiger partial charge < -0.3 is 4.42 Å². The standard InChI is InChI=1S/C35H10F5N11O/c36-24-23(25(37)27(39)28(40)26(24)38)16(12-42)31-46-21-10-9-14(15(11-41)29(21)48-31)30-49-33(17(13-43)32-44-18-5-1-2-6-19(18)45-32)51-34(50-30)35-47-20-7-3-4-8-22(20)52-35/h1-10H/b31-16+. The number of nitriles is 3. The van der Waals surface area contributed by atoms with Gasteiger partial charge in [-0.05, 0) is 36.4 Å². The van der Waals surface area contributed by atoms with E-state index in [-0.39, 0.29) is 56.6 Å². The number of nitrogens with zero attached hydrogens (tertiary/aromatic N) is 11. The molecule has 0 N–H and O–H groups in total. The Morgan fingerprint density at radius 1 is 0.577 bits per heavy atom. The number of para-hydroxylation sites is 4. The third-order valence-corrected chi connectivity index (χ3v) is 7.76. The molecule has 0 radical (unpaired) electrons. The minimum Gasteiger partial charge on any atom is -0.434 e. The highest BCUT2D eigenvalue weighted by atomic mass is 19.2. The van der Waals surface area contributed by atoms with E-state index in [4.69, 9.17) is 4.42 Å². The molecule has 0 bridgehead atoms. The maximum Gasteiger partial charge on any atom is 0.266 e. The van der Waals surface area contributed by atoms with Gasteiger partial charge in [-0.2, -0.15) is 15.8 Å². The zero-order valence-corrected chi connectivity index (χ0v) is 25.5. The van der Waals surface area contributed by atoms with Crippen LogP contribution in [0.3, 0.4) is 0 Å². The second-order valence-corrected chi connectivity index (χ2v) is 10.8. The van der Waals surface area contributed by atoms with Gasteiger partial charge in [0.25, 0.3) is 5.89 Å². The normalized spacial score (nSPS) is 13.5. The van der Waals surface area contributed by atoms with E-state index in [1.807, 2.05) is 12.1 Å². The Balaban J connectivity index is 1.36. The van der Waals surface area contributed by atoms with Crippen molar-refractivity contribution in [1.29, 1.82) is 15.8 Å². The maximum absolute atomic E-state index is 14.7. The first-order valence-corrected chi connectivity index (χ1v) is 14.7. The Bertz CT molecular complexity index is 2980. The minimum absolute atomic E-state index is 0.000400. The fourth-order valence-corrected chi connectivity index (χ4v) is 5.37. The van der Waals surface area contributed by atoms with Crippen LogP contribution in [0.2, 0.25) is 0 Å². The van der Waals surface area contributed by atoms with E-state index in [0.717, 1.165) is 0 Å². The lowest BCUT2D eigenvalue weighted by atomic mass is 10.0. The highest BCUT2D eigenvalue weighted by Crippen LogP contribution is 2.32. The predicted octanol–water partition coefficient (Wildman–Crippen LogP) is 4.20. The summed E-state index contributed by atoms with van der Waals surface area (Å²) < 4.78 is 77.1. The number of fused-ring (bicyclic) bond motifs is 3. The van der Waals surface area contributed by atoms with Gasteiger partial charge in [0.15, 0.2) is 52.1 Å². The molecule has 17 heteroatoms. The zero-order valence-electron chi connectivity index (χ0n) is 25.5. The van der Waals surface area contributed by atoms with Crippen LogP contribution in [0, 0.1) is 63.1 Å². The third-order valence-electron chi connectivity index (χ3n) is 7.76. The fourth-order valence-electron chi connectivity index (χ4n) is 5.37. The molecule has 6 aromatic rings. The molecule has 0 fully saturated rings. The highest BCUT2D eigenvalue weighted by molar-refractivity contribution is 5.81. The van der Waals surface area contributed by atoms with E-state index >= 15 is 0 Å². The van der Waals surface area contributed by atoms with Crippen molar-refractivity contribution in [3.63, 3.8) is 0 Å². The van der Waals surface area contributed by atoms with Crippen LogP contribution in [-0.4, -0.2) is 19.9 Å². The molecule has 4 heterocycles. The van der Waals surface area contributed by atoms with E-state index in [1.165, 1.54) is 18.2 Å². The van der Waals surface area contributed by atoms with Gasteiger partial charge in [-0.25, -0.2) is 61.9 Å². The summed E-state index contributed by atoms with van der Waals surface area (Å²) in [5.74, 6) is -12.8.